The number of aliphatic hydroxyl groups is 3. The number of nitrogens with one attached hydrogen (secondary N) is 3. The van der Waals surface area contributed by atoms with Gasteiger partial charge in [0.1, 0.15) is 46.8 Å². The monoisotopic (exact) mass is 1530 g/mol. The number of rotatable bonds is 33. The van der Waals surface area contributed by atoms with Crippen molar-refractivity contribution in [2.45, 2.75) is 166 Å². The molecule has 0 radical (unpaired) electrons. The number of hydrogen-bond acceptors (Lipinski definition) is 22. The van der Waals surface area contributed by atoms with Gasteiger partial charge in [-0.2, -0.15) is 5.10 Å². The van der Waals surface area contributed by atoms with Crippen LogP contribution in [0.3, 0.4) is 0 Å². The quantitative estimate of drug-likeness (QED) is 0.0108. The summed E-state index contributed by atoms with van der Waals surface area (Å²) in [6, 6.07) is 17.1. The second-order valence-corrected chi connectivity index (χ2v) is 32.1. The maximum Gasteiger partial charge on any atom is 0.410 e. The standard InChI is InChI=1S/C75H90N11O20PS/c1-4-25-72(3)40-73(44-86-45(2)50(38-78-86)48-18-20-55(81-60(48)67(95)96)84-32-24-47-13-8-14-49(51(47)39-84)65(94)82-70-80-52-15-9-28-77-66(52)108-70)41-74(72)26-27-75(42-73,43-74)104-35-33-83(30-11-36-107(100,101)102)71(99)103-34-10-12-46-17-19-54(105-69-63(93)61(91)62(92)64(106-69)68(97)98)53(37-46)79-57(88)23-29-76-56(87)16-6-5-7-31-85-58(89)21-22-59(85)90/h8-10,12-15,17-22,28,37-38,61-64,69,91-93H,4-7,11,16,23-27,29-36,39-44H2,1-3H3,(H,76,87)(H,79,88)(H,95,96)(H,97,98)(H,80,82,94)(H2,100,101,102)/b12-10+/t61-,62-,63+,64-,69+,72?,73?,74?,75?/m0/s1. The van der Waals surface area contributed by atoms with Crippen molar-refractivity contribution in [1.82, 2.24) is 39.8 Å². The number of ether oxygens (including phenoxy) is 4. The van der Waals surface area contributed by atoms with Gasteiger partial charge in [0.05, 0.1) is 30.3 Å². The lowest BCUT2D eigenvalue weighted by molar-refractivity contribution is -0.271. The first kappa shape index (κ1) is 78.2. The summed E-state index contributed by atoms with van der Waals surface area (Å²) in [7, 11) is -4.46. The van der Waals surface area contributed by atoms with E-state index in [0.717, 1.165) is 66.7 Å². The highest BCUT2D eigenvalue weighted by Gasteiger charge is 2.71. The Morgan fingerprint density at radius 3 is 2.43 bits per heavy atom. The Labute approximate surface area is 625 Å². The minimum absolute atomic E-state index is 0.0213. The van der Waals surface area contributed by atoms with Crippen LogP contribution < -0.4 is 25.6 Å². The first-order chi connectivity index (χ1) is 51.6. The normalized spacial score (nSPS) is 24.3. The molecular weight excluding hydrogens is 1440 g/mol. The Balaban J connectivity index is 0.691. The fourth-order valence-corrected chi connectivity index (χ4v) is 18.3. The summed E-state index contributed by atoms with van der Waals surface area (Å²) in [5.41, 5.74) is 4.04. The van der Waals surface area contributed by atoms with Gasteiger partial charge in [-0.3, -0.25) is 43.4 Å². The van der Waals surface area contributed by atoms with Crippen LogP contribution in [0, 0.1) is 23.2 Å². The van der Waals surface area contributed by atoms with Crippen LogP contribution >= 0.6 is 18.9 Å². The van der Waals surface area contributed by atoms with Crippen LogP contribution in [0.4, 0.5) is 21.4 Å². The Bertz CT molecular complexity index is 4490. The molecule has 3 saturated carbocycles. The number of anilines is 3. The number of aliphatic hydroxyl groups excluding tert-OH is 3. The second kappa shape index (κ2) is 32.8. The molecule has 9 atom stereocenters. The molecule has 6 amide bonds. The van der Waals surface area contributed by atoms with Crippen LogP contribution in [0.2, 0.25) is 0 Å². The predicted octanol–water partition coefficient (Wildman–Crippen LogP) is 7.61. The fourth-order valence-electron chi connectivity index (χ4n) is 17.0. The van der Waals surface area contributed by atoms with E-state index in [1.54, 1.807) is 36.7 Å². The molecule has 4 aromatic heterocycles. The molecular formula is C75H90N11O20PS. The van der Waals surface area contributed by atoms with Crippen LogP contribution in [-0.4, -0.2) is 206 Å². The fraction of sp³-hybridized carbons (Fsp3) is 0.493. The molecule has 4 unspecified atom stereocenters. The van der Waals surface area contributed by atoms with Gasteiger partial charge in [0.25, 0.3) is 17.7 Å². The van der Waals surface area contributed by atoms with Gasteiger partial charge in [-0.15, -0.1) is 0 Å². The van der Waals surface area contributed by atoms with Crippen molar-refractivity contribution in [3.05, 3.63) is 125 Å². The number of carboxylic acids is 2. The number of benzene rings is 2. The second-order valence-electron chi connectivity index (χ2n) is 29.4. The molecule has 10 N–H and O–H groups in total. The molecule has 1 spiro atoms. The van der Waals surface area contributed by atoms with Crippen molar-refractivity contribution in [2.24, 2.45) is 16.2 Å². The Morgan fingerprint density at radius 2 is 1.67 bits per heavy atom. The SMILES string of the molecule is CCCC1(C)CC2(Cn3ncc(-c4ccc(N5CCc6cccc(C(=O)Nc7nc8cccnc8s7)c6C5)nc4C(=O)O)c3C)CC3(OCCN(CCCP(=O)(O)O)C(=O)OC/C=C/c4ccc(O[C@@H]5O[C@H](C(=O)O)[C@@H](O)[C@H](O)[C@H]5O)c(NC(=O)CCNC(=O)CCCCCN5C(=O)C=CC5=O)c4)CCC1(C2)C3. The Morgan fingerprint density at radius 1 is 0.861 bits per heavy atom. The summed E-state index contributed by atoms with van der Waals surface area (Å²) in [5, 5.41) is 65.8. The van der Waals surface area contributed by atoms with E-state index in [2.05, 4.69) is 39.8 Å². The molecule has 576 valence electrons. The third-order valence-corrected chi connectivity index (χ3v) is 23.7. The van der Waals surface area contributed by atoms with E-state index < -0.39 is 74.0 Å². The largest absolute Gasteiger partial charge is 0.479 e. The molecule has 6 aromatic rings. The maximum absolute atomic E-state index is 14.1. The van der Waals surface area contributed by atoms with Crippen LogP contribution in [0.25, 0.3) is 27.6 Å². The molecule has 33 heteroatoms. The zero-order chi connectivity index (χ0) is 76.9. The van der Waals surface area contributed by atoms with Gasteiger partial charge >= 0.3 is 25.6 Å². The van der Waals surface area contributed by atoms with Gasteiger partial charge in [-0.25, -0.2) is 29.3 Å². The van der Waals surface area contributed by atoms with Crippen molar-refractivity contribution < 1.29 is 97.2 Å². The minimum Gasteiger partial charge on any atom is -0.479 e. The smallest absolute Gasteiger partial charge is 0.410 e. The van der Waals surface area contributed by atoms with E-state index in [1.165, 1.54) is 52.7 Å². The van der Waals surface area contributed by atoms with E-state index in [4.69, 9.17) is 29.0 Å². The van der Waals surface area contributed by atoms with Gasteiger partial charge < -0.3 is 74.7 Å². The lowest BCUT2D eigenvalue weighted by Gasteiger charge is -2.46. The number of amides is 6. The molecule has 31 nitrogen and oxygen atoms in total. The summed E-state index contributed by atoms with van der Waals surface area (Å²) in [6.07, 6.45) is 6.67. The summed E-state index contributed by atoms with van der Waals surface area (Å²) in [4.78, 5) is 141. The lowest BCUT2D eigenvalue weighted by Crippen LogP contribution is -2.61. The molecule has 2 aromatic carbocycles. The molecule has 6 aliphatic rings. The number of nitrogens with zero attached hydrogens (tertiary/aromatic N) is 8. The Kier molecular flexibility index (Phi) is 23.8. The van der Waals surface area contributed by atoms with E-state index in [9.17, 15) is 78.2 Å². The number of unbranched alkanes of at least 4 members (excludes halogenated alkanes) is 2. The topological polar surface area (TPSA) is 434 Å². The average Bonchev–Trinajstić information content (AvgIpc) is 1.52. The summed E-state index contributed by atoms with van der Waals surface area (Å²) in [5.74, 6) is -4.61. The highest BCUT2D eigenvalue weighted by atomic mass is 32.1. The maximum atomic E-state index is 14.1. The first-order valence-corrected chi connectivity index (χ1v) is 38.9. The van der Waals surface area contributed by atoms with E-state index >= 15 is 0 Å². The van der Waals surface area contributed by atoms with Gasteiger partial charge in [0, 0.05) is 99.4 Å². The minimum atomic E-state index is -4.46. The number of imide groups is 1. The average molecular weight is 1530 g/mol. The van der Waals surface area contributed by atoms with Gasteiger partial charge in [-0.05, 0) is 159 Å². The molecule has 12 rings (SSSR count). The number of hydrogen-bond donors (Lipinski definition) is 10. The number of aliphatic carboxylic acids is 1. The van der Waals surface area contributed by atoms with Crippen molar-refractivity contribution >= 4 is 99.6 Å². The molecule has 3 aliphatic carbocycles. The highest BCUT2D eigenvalue weighted by Crippen LogP contribution is 2.77. The predicted molar refractivity (Wildman–Crippen MR) is 393 cm³/mol. The zero-order valence-electron chi connectivity index (χ0n) is 60.2. The van der Waals surface area contributed by atoms with Crippen molar-refractivity contribution in [3.63, 3.8) is 0 Å². The van der Waals surface area contributed by atoms with Crippen LogP contribution in [0.5, 0.6) is 5.75 Å². The van der Waals surface area contributed by atoms with Crippen LogP contribution in [-0.2, 0) is 62.3 Å². The summed E-state index contributed by atoms with van der Waals surface area (Å²) < 4.78 is 38.0. The van der Waals surface area contributed by atoms with Gasteiger partial charge in [0.2, 0.25) is 18.1 Å². The molecule has 108 heavy (non-hydrogen) atoms. The third kappa shape index (κ3) is 17.5. The number of aromatic nitrogens is 5. The molecule has 4 fully saturated rings. The number of aromatic carboxylic acids is 1. The number of carbonyl (C=O) groups is 8. The summed E-state index contributed by atoms with van der Waals surface area (Å²) >= 11 is 1.28. The molecule has 3 aliphatic heterocycles. The lowest BCUT2D eigenvalue weighted by atomic mass is 9.62. The number of pyridine rings is 2. The molecule has 1 saturated heterocycles. The third-order valence-electron chi connectivity index (χ3n) is 21.9. The molecule has 3 bridgehead atoms. The van der Waals surface area contributed by atoms with Gasteiger partial charge in [0.15, 0.2) is 16.9 Å². The summed E-state index contributed by atoms with van der Waals surface area (Å²) in [6.45, 7) is 7.79. The van der Waals surface area contributed by atoms with E-state index in [1.807, 2.05) is 40.8 Å². The first-order valence-electron chi connectivity index (χ1n) is 36.3. The van der Waals surface area contributed by atoms with Crippen molar-refractivity contribution in [1.29, 1.82) is 0 Å². The van der Waals surface area contributed by atoms with Crippen molar-refractivity contribution in [3.8, 4) is 16.9 Å². The number of fused-ring (bicyclic) bond motifs is 4. The number of carbonyl (C=O) groups excluding carboxylic acids is 6. The zero-order valence-corrected chi connectivity index (χ0v) is 61.9. The Hall–Kier alpha value is -9.37. The van der Waals surface area contributed by atoms with Crippen LogP contribution in [0.15, 0.2) is 91.3 Å². The number of carboxylic acid groups (broad SMARTS) is 2. The van der Waals surface area contributed by atoms with E-state index in [0.29, 0.717) is 95.3 Å². The van der Waals surface area contributed by atoms with E-state index in [-0.39, 0.29) is 116 Å². The molecule has 7 heterocycles. The number of thiazole rings is 1. The van der Waals surface area contributed by atoms with Crippen LogP contribution in [0.1, 0.15) is 147 Å². The highest BCUT2D eigenvalue weighted by molar-refractivity contribution is 7.51. The van der Waals surface area contributed by atoms with Gasteiger partial charge in [-0.1, -0.05) is 62.3 Å². The van der Waals surface area contributed by atoms with Crippen molar-refractivity contribution in [2.75, 3.05) is 67.6 Å².